The van der Waals surface area contributed by atoms with Crippen molar-refractivity contribution >= 4 is 5.82 Å². The number of phenols is 1. The molecular weight excluding hydrogens is 409 g/mol. The molecule has 4 atom stereocenters. The Morgan fingerprint density at radius 3 is 2.62 bits per heavy atom. The highest BCUT2D eigenvalue weighted by molar-refractivity contribution is 5.74. The summed E-state index contributed by atoms with van der Waals surface area (Å²) in [5.41, 5.74) is 2.40. The summed E-state index contributed by atoms with van der Waals surface area (Å²) in [4.78, 5) is 6.01. The highest BCUT2D eigenvalue weighted by Gasteiger charge is 2.57. The fraction of sp³-hybridized carbons (Fsp3) is 0.375. The van der Waals surface area contributed by atoms with E-state index >= 15 is 4.39 Å². The predicted molar refractivity (Wildman–Crippen MR) is 121 cm³/mol. The van der Waals surface area contributed by atoms with Crippen molar-refractivity contribution in [1.82, 2.24) is 20.5 Å². The van der Waals surface area contributed by atoms with E-state index in [1.807, 2.05) is 55.3 Å². The Hall–Kier alpha value is -3.26. The number of alkyl halides is 1. The van der Waals surface area contributed by atoms with E-state index < -0.39 is 11.7 Å². The number of methoxy groups -OCH3 is 1. The largest absolute Gasteiger partial charge is 0.507 e. The number of anilines is 1. The zero-order valence-electron chi connectivity index (χ0n) is 18.3. The number of benzene rings is 1. The lowest BCUT2D eigenvalue weighted by molar-refractivity contribution is 0.163. The lowest BCUT2D eigenvalue weighted by atomic mass is 9.96. The smallest absolute Gasteiger partial charge is 0.213 e. The number of aromatic nitrogens is 3. The van der Waals surface area contributed by atoms with Gasteiger partial charge in [-0.1, -0.05) is 6.07 Å². The maximum absolute atomic E-state index is 15.0. The standard InChI is InChI=1S/C24H26FN5O2/c1-24-12-16(13-27-24)22(23(24)25)30(2)20-7-6-18(28-29-20)17-5-4-14(10-19(17)31)15-8-9-26-21(11-15)32-3/h4-11,16,22-23,27,31H,12-13H2,1-3H3/t16-,22-,23+,24-/m0/s1. The first-order chi connectivity index (χ1) is 15.4. The number of fused-ring (bicyclic) bond motifs is 2. The molecule has 3 heterocycles. The molecule has 2 aliphatic rings. The molecule has 1 aliphatic carbocycles. The minimum Gasteiger partial charge on any atom is -0.507 e. The van der Waals surface area contributed by atoms with Gasteiger partial charge in [0.2, 0.25) is 5.88 Å². The number of nitrogens with one attached hydrogen (secondary N) is 1. The summed E-state index contributed by atoms with van der Waals surface area (Å²) in [6.07, 6.45) is 1.53. The monoisotopic (exact) mass is 435 g/mol. The molecule has 2 aromatic heterocycles. The van der Waals surface area contributed by atoms with Crippen molar-refractivity contribution in [2.75, 3.05) is 25.6 Å². The first-order valence-electron chi connectivity index (χ1n) is 10.7. The van der Waals surface area contributed by atoms with Crippen LogP contribution < -0.4 is 15.0 Å². The van der Waals surface area contributed by atoms with Crippen molar-refractivity contribution in [2.45, 2.75) is 31.1 Å². The van der Waals surface area contributed by atoms with Crippen LogP contribution >= 0.6 is 0 Å². The van der Waals surface area contributed by atoms with Crippen LogP contribution in [0.4, 0.5) is 10.2 Å². The third kappa shape index (κ3) is 3.35. The Bertz CT molecular complexity index is 1140. The molecule has 1 aromatic carbocycles. The predicted octanol–water partition coefficient (Wildman–Crippen LogP) is 3.44. The van der Waals surface area contributed by atoms with Gasteiger partial charge in [0.25, 0.3) is 0 Å². The average Bonchev–Trinajstić information content (AvgIpc) is 3.32. The third-order valence-electron chi connectivity index (χ3n) is 6.86. The van der Waals surface area contributed by atoms with Gasteiger partial charge in [-0.05, 0) is 60.7 Å². The van der Waals surface area contributed by atoms with E-state index in [1.54, 1.807) is 19.4 Å². The van der Waals surface area contributed by atoms with E-state index in [-0.39, 0.29) is 17.7 Å². The molecule has 3 aromatic rings. The van der Waals surface area contributed by atoms with Crippen molar-refractivity contribution in [3.8, 4) is 34.0 Å². The van der Waals surface area contributed by atoms with Crippen LogP contribution in [0, 0.1) is 5.92 Å². The maximum atomic E-state index is 15.0. The van der Waals surface area contributed by atoms with Crippen LogP contribution in [-0.4, -0.2) is 58.7 Å². The molecular formula is C24H26FN5O2. The molecule has 7 nitrogen and oxygen atoms in total. The third-order valence-corrected chi connectivity index (χ3v) is 6.86. The zero-order chi connectivity index (χ0) is 22.5. The Balaban J connectivity index is 1.37. The van der Waals surface area contributed by atoms with Gasteiger partial charge in [-0.2, -0.15) is 0 Å². The molecule has 1 saturated carbocycles. The summed E-state index contributed by atoms with van der Waals surface area (Å²) in [5.74, 6) is 1.49. The van der Waals surface area contributed by atoms with Gasteiger partial charge in [-0.25, -0.2) is 9.37 Å². The highest BCUT2D eigenvalue weighted by Crippen LogP contribution is 2.44. The molecule has 0 spiro atoms. The molecule has 2 bridgehead atoms. The number of hydrogen-bond acceptors (Lipinski definition) is 7. The second-order valence-corrected chi connectivity index (χ2v) is 8.86. The van der Waals surface area contributed by atoms with Gasteiger partial charge in [0.15, 0.2) is 5.82 Å². The normalized spacial score (nSPS) is 26.3. The van der Waals surface area contributed by atoms with Gasteiger partial charge in [0.05, 0.1) is 18.8 Å². The molecule has 5 rings (SSSR count). The fourth-order valence-corrected chi connectivity index (χ4v) is 5.07. The maximum Gasteiger partial charge on any atom is 0.213 e. The number of phenolic OH excluding ortho intramolecular Hbond substituents is 1. The number of rotatable bonds is 5. The topological polar surface area (TPSA) is 83.4 Å². The number of aromatic hydroxyl groups is 1. The van der Waals surface area contributed by atoms with Crippen LogP contribution in [0.25, 0.3) is 22.4 Å². The van der Waals surface area contributed by atoms with Crippen molar-refractivity contribution < 1.29 is 14.2 Å². The zero-order valence-corrected chi connectivity index (χ0v) is 18.3. The van der Waals surface area contributed by atoms with E-state index in [0.717, 1.165) is 24.1 Å². The lowest BCUT2D eigenvalue weighted by Crippen LogP contribution is -2.56. The molecule has 1 saturated heterocycles. The molecule has 0 amide bonds. The van der Waals surface area contributed by atoms with E-state index in [1.165, 1.54) is 0 Å². The number of nitrogens with zero attached hydrogens (tertiary/aromatic N) is 4. The number of ether oxygens (including phenoxy) is 1. The Kier molecular flexibility index (Phi) is 4.97. The minimum absolute atomic E-state index is 0.101. The van der Waals surface area contributed by atoms with Gasteiger partial charge in [0, 0.05) is 37.0 Å². The summed E-state index contributed by atoms with van der Waals surface area (Å²) in [6.45, 7) is 2.77. The van der Waals surface area contributed by atoms with Crippen molar-refractivity contribution in [3.05, 3.63) is 48.7 Å². The quantitative estimate of drug-likeness (QED) is 0.635. The Labute approximate surface area is 186 Å². The number of halogens is 1. The first-order valence-corrected chi connectivity index (χ1v) is 10.7. The summed E-state index contributed by atoms with van der Waals surface area (Å²) in [5, 5.41) is 22.6. The molecule has 2 fully saturated rings. The van der Waals surface area contributed by atoms with E-state index in [4.69, 9.17) is 4.74 Å². The van der Waals surface area contributed by atoms with Gasteiger partial charge in [0.1, 0.15) is 11.9 Å². The van der Waals surface area contributed by atoms with Crippen LogP contribution in [0.3, 0.4) is 0 Å². The molecule has 2 N–H and O–H groups in total. The van der Waals surface area contributed by atoms with Gasteiger partial charge in [-0.15, -0.1) is 10.2 Å². The fourth-order valence-electron chi connectivity index (χ4n) is 5.07. The highest BCUT2D eigenvalue weighted by atomic mass is 19.1. The lowest BCUT2D eigenvalue weighted by Gasteiger charge is -2.37. The minimum atomic E-state index is -0.962. The van der Waals surface area contributed by atoms with Crippen LogP contribution in [0.1, 0.15) is 13.3 Å². The number of pyridine rings is 1. The van der Waals surface area contributed by atoms with Crippen molar-refractivity contribution in [3.63, 3.8) is 0 Å². The molecule has 0 unspecified atom stereocenters. The molecule has 0 radical (unpaired) electrons. The summed E-state index contributed by atoms with van der Waals surface area (Å²) >= 11 is 0. The van der Waals surface area contributed by atoms with E-state index in [9.17, 15) is 5.11 Å². The Morgan fingerprint density at radius 1 is 1.16 bits per heavy atom. The van der Waals surface area contributed by atoms with Crippen LogP contribution in [0.5, 0.6) is 11.6 Å². The molecule has 1 aliphatic heterocycles. The second-order valence-electron chi connectivity index (χ2n) is 8.86. The van der Waals surface area contributed by atoms with E-state index in [2.05, 4.69) is 20.5 Å². The number of hydrogen-bond donors (Lipinski definition) is 2. The molecule has 8 heteroatoms. The van der Waals surface area contributed by atoms with Gasteiger partial charge < -0.3 is 20.1 Å². The summed E-state index contributed by atoms with van der Waals surface area (Å²) in [6, 6.07) is 12.5. The summed E-state index contributed by atoms with van der Waals surface area (Å²) in [7, 11) is 3.44. The SMILES string of the molecule is COc1cc(-c2ccc(-c3ccc(N(C)[C@H]4[C@@H]5CN[C@@](C)(C5)[C@@H]4F)nn3)c(O)c2)ccn1. The van der Waals surface area contributed by atoms with Gasteiger partial charge in [-0.3, -0.25) is 0 Å². The van der Waals surface area contributed by atoms with Crippen molar-refractivity contribution in [1.29, 1.82) is 0 Å². The molecule has 32 heavy (non-hydrogen) atoms. The average molecular weight is 436 g/mol. The van der Waals surface area contributed by atoms with Crippen LogP contribution in [-0.2, 0) is 0 Å². The first kappa shape index (κ1) is 20.6. The van der Waals surface area contributed by atoms with Crippen molar-refractivity contribution in [2.24, 2.45) is 5.92 Å². The summed E-state index contributed by atoms with van der Waals surface area (Å²) < 4.78 is 20.2. The molecule has 166 valence electrons. The second kappa shape index (κ2) is 7.70. The Morgan fingerprint density at radius 2 is 1.97 bits per heavy atom. The van der Waals surface area contributed by atoms with Crippen LogP contribution in [0.15, 0.2) is 48.7 Å². The number of piperidine rings is 1. The van der Waals surface area contributed by atoms with Crippen LogP contribution in [0.2, 0.25) is 0 Å². The van der Waals surface area contributed by atoms with E-state index in [0.29, 0.717) is 23.0 Å². The van der Waals surface area contributed by atoms with Gasteiger partial charge >= 0.3 is 0 Å².